The molecule has 3 aromatic rings. The predicted octanol–water partition coefficient (Wildman–Crippen LogP) is 1.87. The molecule has 3 aromatic heterocycles. The molecule has 21 heavy (non-hydrogen) atoms. The Kier molecular flexibility index (Phi) is 2.78. The zero-order valence-corrected chi connectivity index (χ0v) is 12.0. The molecule has 1 aliphatic carbocycles. The van der Waals surface area contributed by atoms with E-state index in [-0.39, 0.29) is 6.04 Å². The summed E-state index contributed by atoms with van der Waals surface area (Å²) >= 11 is 0. The summed E-state index contributed by atoms with van der Waals surface area (Å²) in [5.41, 5.74) is 9.96. The van der Waals surface area contributed by atoms with E-state index in [9.17, 15) is 0 Å². The molecule has 1 aliphatic rings. The summed E-state index contributed by atoms with van der Waals surface area (Å²) in [7, 11) is 0. The second-order valence-electron chi connectivity index (χ2n) is 5.86. The molecule has 1 unspecified atom stereocenters. The number of hydrogen-bond donors (Lipinski definition) is 1. The quantitative estimate of drug-likeness (QED) is 0.792. The Hall–Kier alpha value is -2.21. The average molecular weight is 282 g/mol. The molecule has 4 rings (SSSR count). The van der Waals surface area contributed by atoms with Crippen LogP contribution in [0.4, 0.5) is 0 Å². The standard InChI is InChI=1S/C15H18N6/c1-10(16)14-9-21(19-18-14)8-13-7-20-6-12(11-2-3-11)4-5-15(20)17-13/h4-7,9-11H,2-3,8,16H2,1H3. The highest BCUT2D eigenvalue weighted by Crippen LogP contribution is 2.39. The molecule has 0 saturated heterocycles. The van der Waals surface area contributed by atoms with Crippen LogP contribution >= 0.6 is 0 Å². The molecule has 108 valence electrons. The Morgan fingerprint density at radius 2 is 2.14 bits per heavy atom. The third-order valence-corrected chi connectivity index (χ3v) is 3.92. The summed E-state index contributed by atoms with van der Waals surface area (Å²) < 4.78 is 3.88. The summed E-state index contributed by atoms with van der Waals surface area (Å²) in [5, 5.41) is 8.16. The number of nitrogens with two attached hydrogens (primary N) is 1. The first-order valence-corrected chi connectivity index (χ1v) is 7.32. The molecule has 0 spiro atoms. The lowest BCUT2D eigenvalue weighted by Gasteiger charge is -1.98. The minimum atomic E-state index is -0.0964. The normalized spacial score (nSPS) is 16.5. The van der Waals surface area contributed by atoms with Crippen LogP contribution in [-0.4, -0.2) is 24.4 Å². The first-order valence-electron chi connectivity index (χ1n) is 7.32. The molecule has 1 saturated carbocycles. The fraction of sp³-hybridized carbons (Fsp3) is 0.400. The van der Waals surface area contributed by atoms with Crippen molar-refractivity contribution >= 4 is 5.65 Å². The number of nitrogens with zero attached hydrogens (tertiary/aromatic N) is 5. The lowest BCUT2D eigenvalue weighted by atomic mass is 10.2. The summed E-state index contributed by atoms with van der Waals surface area (Å²) in [5.74, 6) is 0.754. The van der Waals surface area contributed by atoms with Crippen LogP contribution in [0.3, 0.4) is 0 Å². The lowest BCUT2D eigenvalue weighted by molar-refractivity contribution is 0.640. The fourth-order valence-corrected chi connectivity index (χ4v) is 2.56. The highest BCUT2D eigenvalue weighted by molar-refractivity contribution is 5.42. The molecular formula is C15H18N6. The molecule has 2 N–H and O–H groups in total. The summed E-state index contributed by atoms with van der Waals surface area (Å²) in [6, 6.07) is 4.18. The molecule has 6 nitrogen and oxygen atoms in total. The topological polar surface area (TPSA) is 74.0 Å². The number of pyridine rings is 1. The van der Waals surface area contributed by atoms with Crippen LogP contribution in [0.1, 0.15) is 48.7 Å². The van der Waals surface area contributed by atoms with Crippen molar-refractivity contribution in [3.63, 3.8) is 0 Å². The molecule has 0 amide bonds. The smallest absolute Gasteiger partial charge is 0.137 e. The van der Waals surface area contributed by atoms with Crippen molar-refractivity contribution in [1.82, 2.24) is 24.4 Å². The van der Waals surface area contributed by atoms with Gasteiger partial charge in [-0.3, -0.25) is 0 Å². The van der Waals surface area contributed by atoms with Gasteiger partial charge in [0.15, 0.2) is 0 Å². The van der Waals surface area contributed by atoms with Gasteiger partial charge in [-0.15, -0.1) is 5.10 Å². The van der Waals surface area contributed by atoms with Gasteiger partial charge in [0, 0.05) is 18.4 Å². The maximum absolute atomic E-state index is 5.80. The summed E-state index contributed by atoms with van der Waals surface area (Å²) in [6.45, 7) is 2.51. The molecule has 1 atom stereocenters. The Balaban J connectivity index is 1.60. The molecule has 6 heteroatoms. The third-order valence-electron chi connectivity index (χ3n) is 3.92. The van der Waals surface area contributed by atoms with Crippen molar-refractivity contribution in [2.24, 2.45) is 5.73 Å². The maximum Gasteiger partial charge on any atom is 0.137 e. The number of rotatable bonds is 4. The highest BCUT2D eigenvalue weighted by atomic mass is 15.4. The molecule has 0 radical (unpaired) electrons. The summed E-state index contributed by atoms with van der Waals surface area (Å²) in [6.07, 6.45) is 8.76. The largest absolute Gasteiger partial charge is 0.323 e. The third kappa shape index (κ3) is 2.42. The second kappa shape index (κ2) is 4.66. The van der Waals surface area contributed by atoms with Crippen LogP contribution in [0.25, 0.3) is 5.65 Å². The van der Waals surface area contributed by atoms with Gasteiger partial charge in [-0.05, 0) is 37.3 Å². The van der Waals surface area contributed by atoms with Crippen molar-refractivity contribution in [2.45, 2.75) is 38.3 Å². The van der Waals surface area contributed by atoms with E-state index in [0.717, 1.165) is 23.0 Å². The van der Waals surface area contributed by atoms with E-state index >= 15 is 0 Å². The zero-order valence-electron chi connectivity index (χ0n) is 12.0. The Morgan fingerprint density at radius 1 is 1.29 bits per heavy atom. The predicted molar refractivity (Wildman–Crippen MR) is 78.9 cm³/mol. The number of aromatic nitrogens is 5. The highest BCUT2D eigenvalue weighted by Gasteiger charge is 2.23. The van der Waals surface area contributed by atoms with E-state index in [4.69, 9.17) is 5.73 Å². The number of fused-ring (bicyclic) bond motifs is 1. The minimum Gasteiger partial charge on any atom is -0.323 e. The van der Waals surface area contributed by atoms with Gasteiger partial charge in [-0.2, -0.15) is 0 Å². The average Bonchev–Trinajstić information content (AvgIpc) is 3.07. The van der Waals surface area contributed by atoms with Crippen LogP contribution in [0.15, 0.2) is 30.7 Å². The zero-order chi connectivity index (χ0) is 14.4. The minimum absolute atomic E-state index is 0.0964. The maximum atomic E-state index is 5.80. The lowest BCUT2D eigenvalue weighted by Crippen LogP contribution is -2.05. The molecule has 0 aliphatic heterocycles. The fourth-order valence-electron chi connectivity index (χ4n) is 2.56. The Morgan fingerprint density at radius 3 is 2.86 bits per heavy atom. The van der Waals surface area contributed by atoms with E-state index in [1.807, 2.05) is 13.1 Å². The summed E-state index contributed by atoms with van der Waals surface area (Å²) in [4.78, 5) is 4.63. The van der Waals surface area contributed by atoms with Crippen molar-refractivity contribution in [2.75, 3.05) is 0 Å². The Labute approximate surface area is 122 Å². The van der Waals surface area contributed by atoms with E-state index in [1.54, 1.807) is 4.68 Å². The van der Waals surface area contributed by atoms with E-state index < -0.39 is 0 Å². The van der Waals surface area contributed by atoms with Gasteiger partial charge in [0.05, 0.1) is 24.1 Å². The Bertz CT molecular complexity index is 780. The van der Waals surface area contributed by atoms with Crippen LogP contribution in [0.2, 0.25) is 0 Å². The molecule has 3 heterocycles. The van der Waals surface area contributed by atoms with Gasteiger partial charge in [0.2, 0.25) is 0 Å². The van der Waals surface area contributed by atoms with Gasteiger partial charge in [-0.25, -0.2) is 9.67 Å². The second-order valence-corrected chi connectivity index (χ2v) is 5.86. The molecule has 0 aromatic carbocycles. The van der Waals surface area contributed by atoms with Crippen LogP contribution in [-0.2, 0) is 6.54 Å². The molecule has 0 bridgehead atoms. The van der Waals surface area contributed by atoms with Gasteiger partial charge >= 0.3 is 0 Å². The van der Waals surface area contributed by atoms with E-state index in [2.05, 4.69) is 44.2 Å². The number of imidazole rings is 1. The monoisotopic (exact) mass is 282 g/mol. The molecule has 1 fully saturated rings. The number of hydrogen-bond acceptors (Lipinski definition) is 4. The SMILES string of the molecule is CC(N)c1cn(Cc2cn3cc(C4CC4)ccc3n2)nn1. The van der Waals surface area contributed by atoms with Crippen LogP contribution in [0, 0.1) is 0 Å². The molecular weight excluding hydrogens is 264 g/mol. The van der Waals surface area contributed by atoms with Crippen molar-refractivity contribution < 1.29 is 0 Å². The van der Waals surface area contributed by atoms with Gasteiger partial charge in [-0.1, -0.05) is 11.3 Å². The first kappa shape index (κ1) is 12.5. The van der Waals surface area contributed by atoms with E-state index in [1.165, 1.54) is 18.4 Å². The van der Waals surface area contributed by atoms with Crippen LogP contribution in [0.5, 0.6) is 0 Å². The van der Waals surface area contributed by atoms with Crippen LogP contribution < -0.4 is 5.73 Å². The first-order chi connectivity index (χ1) is 10.2. The van der Waals surface area contributed by atoms with E-state index in [0.29, 0.717) is 6.54 Å². The van der Waals surface area contributed by atoms with Gasteiger partial charge in [0.1, 0.15) is 5.65 Å². The van der Waals surface area contributed by atoms with Gasteiger partial charge < -0.3 is 10.1 Å². The van der Waals surface area contributed by atoms with Gasteiger partial charge in [0.25, 0.3) is 0 Å². The van der Waals surface area contributed by atoms with Crippen molar-refractivity contribution in [3.8, 4) is 0 Å². The van der Waals surface area contributed by atoms with Crippen molar-refractivity contribution in [3.05, 3.63) is 47.7 Å². The van der Waals surface area contributed by atoms with Crippen molar-refractivity contribution in [1.29, 1.82) is 0 Å².